The Bertz CT molecular complexity index is 733. The van der Waals surface area contributed by atoms with Gasteiger partial charge in [-0.1, -0.05) is 17.7 Å². The van der Waals surface area contributed by atoms with Crippen LogP contribution in [-0.2, 0) is 0 Å². The highest BCUT2D eigenvalue weighted by Crippen LogP contribution is 2.30. The quantitative estimate of drug-likeness (QED) is 0.838. The number of benzene rings is 2. The number of halogens is 1. The maximum Gasteiger partial charge on any atom is 0.124 e. The van der Waals surface area contributed by atoms with Crippen LogP contribution in [0.15, 0.2) is 42.5 Å². The third-order valence-corrected chi connectivity index (χ3v) is 5.01. The topological polar surface area (TPSA) is 45.2 Å². The summed E-state index contributed by atoms with van der Waals surface area (Å²) in [4.78, 5) is 4.59. The number of anilines is 1. The standard InChI is InChI=1S/C20H25ClN2O3/c1-25-17-6-7-20(26-2)18(13-17)19(24)14-22-8-10-23(11-9-22)16-5-3-4-15(21)12-16/h3-7,12-13,19,24H,8-11,14H2,1-2H3/t19-/m0/s1. The highest BCUT2D eigenvalue weighted by Gasteiger charge is 2.22. The van der Waals surface area contributed by atoms with Crippen LogP contribution in [-0.4, -0.2) is 56.9 Å². The van der Waals surface area contributed by atoms with Gasteiger partial charge in [0, 0.05) is 49.0 Å². The van der Waals surface area contributed by atoms with E-state index in [1.54, 1.807) is 14.2 Å². The van der Waals surface area contributed by atoms with Gasteiger partial charge < -0.3 is 19.5 Å². The molecule has 1 fully saturated rings. The fraction of sp³-hybridized carbons (Fsp3) is 0.400. The van der Waals surface area contributed by atoms with E-state index in [0.29, 0.717) is 18.0 Å². The third kappa shape index (κ3) is 4.41. The molecule has 26 heavy (non-hydrogen) atoms. The van der Waals surface area contributed by atoms with Gasteiger partial charge in [0.25, 0.3) is 0 Å². The van der Waals surface area contributed by atoms with Crippen LogP contribution >= 0.6 is 11.6 Å². The lowest BCUT2D eigenvalue weighted by molar-refractivity contribution is 0.107. The van der Waals surface area contributed by atoms with Gasteiger partial charge in [-0.3, -0.25) is 4.90 Å². The zero-order chi connectivity index (χ0) is 18.5. The van der Waals surface area contributed by atoms with Crippen molar-refractivity contribution >= 4 is 17.3 Å². The highest BCUT2D eigenvalue weighted by atomic mass is 35.5. The number of hydrogen-bond donors (Lipinski definition) is 1. The van der Waals surface area contributed by atoms with E-state index in [4.69, 9.17) is 21.1 Å². The molecule has 1 aliphatic heterocycles. The first-order valence-corrected chi connectivity index (χ1v) is 9.11. The number of rotatable bonds is 6. The molecule has 2 aromatic rings. The molecule has 1 saturated heterocycles. The Morgan fingerprint density at radius 3 is 2.46 bits per heavy atom. The Morgan fingerprint density at radius 1 is 1.04 bits per heavy atom. The van der Waals surface area contributed by atoms with Crippen LogP contribution in [0, 0.1) is 0 Å². The first kappa shape index (κ1) is 18.8. The molecule has 3 rings (SSSR count). The third-order valence-electron chi connectivity index (χ3n) is 4.77. The molecule has 0 aliphatic carbocycles. The van der Waals surface area contributed by atoms with E-state index in [-0.39, 0.29) is 0 Å². The summed E-state index contributed by atoms with van der Waals surface area (Å²) in [6.45, 7) is 4.14. The molecule has 1 atom stereocenters. The van der Waals surface area contributed by atoms with Gasteiger partial charge in [0.15, 0.2) is 0 Å². The number of ether oxygens (including phenoxy) is 2. The monoisotopic (exact) mass is 376 g/mol. The minimum Gasteiger partial charge on any atom is -0.497 e. The molecule has 0 amide bonds. The lowest BCUT2D eigenvalue weighted by Gasteiger charge is -2.37. The van der Waals surface area contributed by atoms with Crippen molar-refractivity contribution in [1.82, 2.24) is 4.90 Å². The molecule has 1 N–H and O–H groups in total. The zero-order valence-electron chi connectivity index (χ0n) is 15.2. The van der Waals surface area contributed by atoms with Gasteiger partial charge in [-0.05, 0) is 36.4 Å². The van der Waals surface area contributed by atoms with Crippen LogP contribution in [0.5, 0.6) is 11.5 Å². The van der Waals surface area contributed by atoms with Crippen molar-refractivity contribution in [2.75, 3.05) is 51.8 Å². The number of β-amino-alcohol motifs (C(OH)–C–C–N with tert-alkyl or cyclic N) is 1. The molecule has 0 spiro atoms. The molecular formula is C20H25ClN2O3. The number of aliphatic hydroxyl groups excluding tert-OH is 1. The highest BCUT2D eigenvalue weighted by molar-refractivity contribution is 6.30. The van der Waals surface area contributed by atoms with Crippen LogP contribution in [0.25, 0.3) is 0 Å². The van der Waals surface area contributed by atoms with Crippen molar-refractivity contribution in [2.24, 2.45) is 0 Å². The second kappa shape index (κ2) is 8.62. The maximum absolute atomic E-state index is 10.7. The molecule has 2 aromatic carbocycles. The van der Waals surface area contributed by atoms with E-state index < -0.39 is 6.10 Å². The summed E-state index contributed by atoms with van der Waals surface area (Å²) < 4.78 is 10.7. The first-order chi connectivity index (χ1) is 12.6. The second-order valence-electron chi connectivity index (χ2n) is 6.39. The average molecular weight is 377 g/mol. The van der Waals surface area contributed by atoms with Gasteiger partial charge in [0.05, 0.1) is 20.3 Å². The molecule has 1 heterocycles. The van der Waals surface area contributed by atoms with Crippen molar-refractivity contribution in [3.05, 3.63) is 53.1 Å². The van der Waals surface area contributed by atoms with Crippen LogP contribution in [0.4, 0.5) is 5.69 Å². The summed E-state index contributed by atoms with van der Waals surface area (Å²) in [5.41, 5.74) is 1.90. The van der Waals surface area contributed by atoms with E-state index in [9.17, 15) is 5.11 Å². The molecule has 6 heteroatoms. The van der Waals surface area contributed by atoms with Gasteiger partial charge in [-0.25, -0.2) is 0 Å². The van der Waals surface area contributed by atoms with E-state index >= 15 is 0 Å². The molecule has 5 nitrogen and oxygen atoms in total. The predicted octanol–water partition coefficient (Wildman–Crippen LogP) is 3.21. The van der Waals surface area contributed by atoms with Gasteiger partial charge in [0.1, 0.15) is 11.5 Å². The van der Waals surface area contributed by atoms with Crippen LogP contribution in [0.1, 0.15) is 11.7 Å². The average Bonchev–Trinajstić information content (AvgIpc) is 2.68. The summed E-state index contributed by atoms with van der Waals surface area (Å²) in [6, 6.07) is 13.4. The van der Waals surface area contributed by atoms with Gasteiger partial charge in [0.2, 0.25) is 0 Å². The van der Waals surface area contributed by atoms with E-state index in [2.05, 4.69) is 15.9 Å². The minimum atomic E-state index is -0.627. The lowest BCUT2D eigenvalue weighted by Crippen LogP contribution is -2.47. The number of piperazine rings is 1. The smallest absolute Gasteiger partial charge is 0.124 e. The molecule has 0 bridgehead atoms. The van der Waals surface area contributed by atoms with Crippen molar-refractivity contribution in [3.63, 3.8) is 0 Å². The summed E-state index contributed by atoms with van der Waals surface area (Å²) in [5.74, 6) is 1.39. The summed E-state index contributed by atoms with van der Waals surface area (Å²) >= 11 is 6.09. The van der Waals surface area contributed by atoms with E-state index in [1.807, 2.05) is 36.4 Å². The van der Waals surface area contributed by atoms with E-state index in [0.717, 1.165) is 42.5 Å². The normalized spacial score (nSPS) is 16.4. The number of hydrogen-bond acceptors (Lipinski definition) is 5. The van der Waals surface area contributed by atoms with Crippen LogP contribution in [0.3, 0.4) is 0 Å². The number of methoxy groups -OCH3 is 2. The number of nitrogens with zero attached hydrogens (tertiary/aromatic N) is 2. The van der Waals surface area contributed by atoms with Crippen molar-refractivity contribution in [3.8, 4) is 11.5 Å². The van der Waals surface area contributed by atoms with Crippen LogP contribution in [0.2, 0.25) is 5.02 Å². The van der Waals surface area contributed by atoms with Crippen molar-refractivity contribution in [1.29, 1.82) is 0 Å². The first-order valence-electron chi connectivity index (χ1n) is 8.73. The molecule has 0 aromatic heterocycles. The summed E-state index contributed by atoms with van der Waals surface area (Å²) in [5, 5.41) is 11.5. The SMILES string of the molecule is COc1ccc(OC)c([C@@H](O)CN2CCN(c3cccc(Cl)c3)CC2)c1. The minimum absolute atomic E-state index is 0.562. The maximum atomic E-state index is 10.7. The van der Waals surface area contributed by atoms with Gasteiger partial charge in [-0.2, -0.15) is 0 Å². The molecule has 1 aliphatic rings. The molecular weight excluding hydrogens is 352 g/mol. The van der Waals surface area contributed by atoms with Crippen LogP contribution < -0.4 is 14.4 Å². The van der Waals surface area contributed by atoms with E-state index in [1.165, 1.54) is 0 Å². The fourth-order valence-electron chi connectivity index (χ4n) is 3.30. The Kier molecular flexibility index (Phi) is 6.25. The second-order valence-corrected chi connectivity index (χ2v) is 6.83. The lowest BCUT2D eigenvalue weighted by atomic mass is 10.1. The largest absolute Gasteiger partial charge is 0.497 e. The van der Waals surface area contributed by atoms with Crippen molar-refractivity contribution < 1.29 is 14.6 Å². The Hall–Kier alpha value is -1.95. The van der Waals surface area contributed by atoms with Gasteiger partial charge in [-0.15, -0.1) is 0 Å². The molecule has 0 unspecified atom stereocenters. The predicted molar refractivity (Wildman–Crippen MR) is 105 cm³/mol. The fourth-order valence-corrected chi connectivity index (χ4v) is 3.49. The Morgan fingerprint density at radius 2 is 1.81 bits per heavy atom. The zero-order valence-corrected chi connectivity index (χ0v) is 15.9. The van der Waals surface area contributed by atoms with Gasteiger partial charge >= 0.3 is 0 Å². The molecule has 0 saturated carbocycles. The summed E-state index contributed by atoms with van der Waals surface area (Å²) in [6.07, 6.45) is -0.627. The number of aliphatic hydroxyl groups is 1. The Labute approximate surface area is 159 Å². The molecule has 140 valence electrons. The Balaban J connectivity index is 1.61. The summed E-state index contributed by atoms with van der Waals surface area (Å²) in [7, 11) is 3.23. The molecule has 0 radical (unpaired) electrons. The van der Waals surface area contributed by atoms with Crippen molar-refractivity contribution in [2.45, 2.75) is 6.10 Å².